The van der Waals surface area contributed by atoms with Crippen LogP contribution in [0.2, 0.25) is 0 Å². The van der Waals surface area contributed by atoms with E-state index in [9.17, 15) is 0 Å². The van der Waals surface area contributed by atoms with Crippen molar-refractivity contribution in [1.82, 2.24) is 4.98 Å². The number of benzene rings is 1. The molecular weight excluding hydrogens is 218 g/mol. The maximum atomic E-state index is 4.50. The van der Waals surface area contributed by atoms with Gasteiger partial charge in [0.05, 0.1) is 5.69 Å². The van der Waals surface area contributed by atoms with Gasteiger partial charge in [0, 0.05) is 12.1 Å². The van der Waals surface area contributed by atoms with Gasteiger partial charge in [0.1, 0.15) is 0 Å². The normalized spacial score (nSPS) is 12.8. The first-order chi connectivity index (χ1) is 8.68. The highest BCUT2D eigenvalue weighted by Crippen LogP contribution is 2.21. The van der Waals surface area contributed by atoms with E-state index in [1.807, 2.05) is 12.3 Å². The molecule has 0 saturated carbocycles. The minimum absolute atomic E-state index is 0.338. The molecule has 1 atom stereocenters. The molecule has 0 amide bonds. The third kappa shape index (κ3) is 2.86. The molecule has 0 radical (unpaired) electrons. The molecule has 2 rings (SSSR count). The number of allylic oxidation sites excluding steroid dienone is 1. The number of nitrogens with zero attached hydrogens (tertiary/aromatic N) is 1. The van der Waals surface area contributed by atoms with Crippen LogP contribution < -0.4 is 0 Å². The molecule has 1 unspecified atom stereocenters. The van der Waals surface area contributed by atoms with E-state index in [2.05, 4.69) is 68.2 Å². The van der Waals surface area contributed by atoms with Gasteiger partial charge in [-0.1, -0.05) is 49.4 Å². The summed E-state index contributed by atoms with van der Waals surface area (Å²) in [5, 5.41) is 0. The summed E-state index contributed by atoms with van der Waals surface area (Å²) >= 11 is 0. The molecule has 0 bridgehead atoms. The van der Waals surface area contributed by atoms with Gasteiger partial charge in [-0.2, -0.15) is 0 Å². The minimum atomic E-state index is 0.338. The Hall–Kier alpha value is -1.89. The molecule has 1 aromatic heterocycles. The van der Waals surface area contributed by atoms with Crippen molar-refractivity contribution in [2.75, 3.05) is 0 Å². The number of pyridine rings is 1. The molecule has 1 heterocycles. The van der Waals surface area contributed by atoms with Gasteiger partial charge in [-0.25, -0.2) is 0 Å². The molecule has 2 aromatic rings. The predicted molar refractivity (Wildman–Crippen MR) is 77.6 cm³/mol. The summed E-state index contributed by atoms with van der Waals surface area (Å²) < 4.78 is 0. The van der Waals surface area contributed by atoms with Gasteiger partial charge in [-0.3, -0.25) is 4.98 Å². The molecule has 18 heavy (non-hydrogen) atoms. The first-order valence-electron chi connectivity index (χ1n) is 6.34. The van der Waals surface area contributed by atoms with Crippen LogP contribution >= 0.6 is 0 Å². The quantitative estimate of drug-likeness (QED) is 0.765. The van der Waals surface area contributed by atoms with E-state index in [1.54, 1.807) is 0 Å². The summed E-state index contributed by atoms with van der Waals surface area (Å²) in [6.07, 6.45) is 6.27. The molecule has 0 aliphatic heterocycles. The second kappa shape index (κ2) is 5.63. The summed E-state index contributed by atoms with van der Waals surface area (Å²) in [6, 6.07) is 12.4. The van der Waals surface area contributed by atoms with Gasteiger partial charge in [-0.15, -0.1) is 0 Å². The SMILES string of the molecule is Cc1ccnc(C(C)C=Cc2ccccc2)c1C. The lowest BCUT2D eigenvalue weighted by molar-refractivity contribution is 0.888. The van der Waals surface area contributed by atoms with Gasteiger partial charge in [-0.05, 0) is 36.6 Å². The number of rotatable bonds is 3. The topological polar surface area (TPSA) is 12.9 Å². The lowest BCUT2D eigenvalue weighted by atomic mass is 9.98. The Balaban J connectivity index is 2.20. The van der Waals surface area contributed by atoms with E-state index < -0.39 is 0 Å². The first kappa shape index (κ1) is 12.6. The van der Waals surface area contributed by atoms with Crippen LogP contribution in [0.3, 0.4) is 0 Å². The van der Waals surface area contributed by atoms with E-state index in [4.69, 9.17) is 0 Å². The molecule has 0 aliphatic carbocycles. The zero-order valence-electron chi connectivity index (χ0n) is 11.2. The van der Waals surface area contributed by atoms with Crippen LogP contribution in [0, 0.1) is 13.8 Å². The fraction of sp³-hybridized carbons (Fsp3) is 0.235. The van der Waals surface area contributed by atoms with Crippen LogP contribution in [0.5, 0.6) is 0 Å². The predicted octanol–water partition coefficient (Wildman–Crippen LogP) is 4.52. The van der Waals surface area contributed by atoms with Gasteiger partial charge in [0.25, 0.3) is 0 Å². The van der Waals surface area contributed by atoms with Crippen LogP contribution in [-0.4, -0.2) is 4.98 Å². The van der Waals surface area contributed by atoms with Crippen LogP contribution in [0.4, 0.5) is 0 Å². The average Bonchev–Trinajstić information content (AvgIpc) is 2.40. The lowest BCUT2D eigenvalue weighted by Gasteiger charge is -2.11. The fourth-order valence-corrected chi connectivity index (χ4v) is 2.02. The third-order valence-corrected chi connectivity index (χ3v) is 3.32. The van der Waals surface area contributed by atoms with Crippen molar-refractivity contribution in [3.63, 3.8) is 0 Å². The minimum Gasteiger partial charge on any atom is -0.260 e. The maximum Gasteiger partial charge on any atom is 0.0501 e. The van der Waals surface area contributed by atoms with Crippen molar-refractivity contribution >= 4 is 6.08 Å². The van der Waals surface area contributed by atoms with E-state index in [0.29, 0.717) is 5.92 Å². The van der Waals surface area contributed by atoms with Gasteiger partial charge >= 0.3 is 0 Å². The first-order valence-corrected chi connectivity index (χ1v) is 6.34. The van der Waals surface area contributed by atoms with Gasteiger partial charge in [0.15, 0.2) is 0 Å². The summed E-state index contributed by atoms with van der Waals surface area (Å²) in [4.78, 5) is 4.50. The molecular formula is C17H19N. The average molecular weight is 237 g/mol. The summed E-state index contributed by atoms with van der Waals surface area (Å²) in [5.74, 6) is 0.338. The Morgan fingerprint density at radius 3 is 2.50 bits per heavy atom. The Morgan fingerprint density at radius 1 is 1.06 bits per heavy atom. The highest BCUT2D eigenvalue weighted by atomic mass is 14.7. The van der Waals surface area contributed by atoms with E-state index in [-0.39, 0.29) is 0 Å². The molecule has 1 aromatic carbocycles. The van der Waals surface area contributed by atoms with Crippen LogP contribution in [0.25, 0.3) is 6.08 Å². The third-order valence-electron chi connectivity index (χ3n) is 3.32. The van der Waals surface area contributed by atoms with Crippen LogP contribution in [-0.2, 0) is 0 Å². The van der Waals surface area contributed by atoms with Crippen molar-refractivity contribution < 1.29 is 0 Å². The summed E-state index contributed by atoms with van der Waals surface area (Å²) in [7, 11) is 0. The second-order valence-electron chi connectivity index (χ2n) is 4.70. The Bertz CT molecular complexity index is 541. The molecule has 0 saturated heterocycles. The molecule has 0 fully saturated rings. The molecule has 0 aliphatic rings. The van der Waals surface area contributed by atoms with Crippen molar-refractivity contribution in [1.29, 1.82) is 0 Å². The van der Waals surface area contributed by atoms with Gasteiger partial charge in [0.2, 0.25) is 0 Å². The van der Waals surface area contributed by atoms with E-state index >= 15 is 0 Å². The summed E-state index contributed by atoms with van der Waals surface area (Å²) in [6.45, 7) is 6.47. The van der Waals surface area contributed by atoms with Crippen molar-refractivity contribution in [2.45, 2.75) is 26.7 Å². The lowest BCUT2D eigenvalue weighted by Crippen LogP contribution is -1.99. The van der Waals surface area contributed by atoms with E-state index in [1.165, 1.54) is 22.4 Å². The largest absolute Gasteiger partial charge is 0.260 e. The molecule has 1 nitrogen and oxygen atoms in total. The Morgan fingerprint density at radius 2 is 1.78 bits per heavy atom. The zero-order valence-corrected chi connectivity index (χ0v) is 11.2. The number of aromatic nitrogens is 1. The maximum absolute atomic E-state index is 4.50. The van der Waals surface area contributed by atoms with Crippen LogP contribution in [0.1, 0.15) is 35.2 Å². The second-order valence-corrected chi connectivity index (χ2v) is 4.70. The standard InChI is InChI=1S/C17H19N/c1-13-11-12-18-17(15(13)3)14(2)9-10-16-7-5-4-6-8-16/h4-12,14H,1-3H3. The smallest absolute Gasteiger partial charge is 0.0501 e. The Kier molecular flexibility index (Phi) is 3.93. The number of aryl methyl sites for hydroxylation is 1. The Labute approximate surface area is 109 Å². The number of hydrogen-bond donors (Lipinski definition) is 0. The number of hydrogen-bond acceptors (Lipinski definition) is 1. The summed E-state index contributed by atoms with van der Waals surface area (Å²) in [5.41, 5.74) is 5.00. The molecule has 1 heteroatoms. The van der Waals surface area contributed by atoms with Crippen LogP contribution in [0.15, 0.2) is 48.7 Å². The van der Waals surface area contributed by atoms with Crippen molar-refractivity contribution in [2.24, 2.45) is 0 Å². The van der Waals surface area contributed by atoms with Crippen molar-refractivity contribution in [3.8, 4) is 0 Å². The highest BCUT2D eigenvalue weighted by molar-refractivity contribution is 5.50. The van der Waals surface area contributed by atoms with E-state index in [0.717, 1.165) is 0 Å². The van der Waals surface area contributed by atoms with Crippen molar-refractivity contribution in [3.05, 3.63) is 71.1 Å². The fourth-order valence-electron chi connectivity index (χ4n) is 2.02. The molecule has 92 valence electrons. The molecule has 0 N–H and O–H groups in total. The monoisotopic (exact) mass is 237 g/mol. The van der Waals surface area contributed by atoms with Gasteiger partial charge < -0.3 is 0 Å². The molecule has 0 spiro atoms. The zero-order chi connectivity index (χ0) is 13.0. The highest BCUT2D eigenvalue weighted by Gasteiger charge is 2.07.